The van der Waals surface area contributed by atoms with Gasteiger partial charge < -0.3 is 15.0 Å². The van der Waals surface area contributed by atoms with E-state index in [2.05, 4.69) is 11.9 Å². The average molecular weight is 336 g/mol. The highest BCUT2D eigenvalue weighted by molar-refractivity contribution is 6.06. The number of amides is 2. The third-order valence-corrected chi connectivity index (χ3v) is 3.98. The number of nitrogens with one attached hydrogen (secondary N) is 1. The molecular weight excluding hydrogens is 316 g/mol. The molecule has 128 valence electrons. The number of carbonyl (C=O) groups excluding carboxylic acids is 2. The number of rotatable bonds is 4. The molecule has 3 rings (SSSR count). The Labute approximate surface area is 146 Å². The number of anilines is 2. The molecule has 0 aromatic heterocycles. The smallest absolute Gasteiger partial charge is 0.265 e. The fourth-order valence-electron chi connectivity index (χ4n) is 2.75. The van der Waals surface area contributed by atoms with Gasteiger partial charge in [-0.05, 0) is 43.7 Å². The van der Waals surface area contributed by atoms with Crippen molar-refractivity contribution >= 4 is 23.2 Å². The van der Waals surface area contributed by atoms with Gasteiger partial charge in [-0.2, -0.15) is 0 Å². The van der Waals surface area contributed by atoms with Crippen LogP contribution in [0.15, 0.2) is 54.6 Å². The molecule has 0 fully saturated rings. The van der Waals surface area contributed by atoms with Gasteiger partial charge in [-0.1, -0.05) is 30.4 Å². The van der Waals surface area contributed by atoms with Crippen molar-refractivity contribution in [1.29, 1.82) is 0 Å². The van der Waals surface area contributed by atoms with E-state index < -0.39 is 0 Å². The maximum atomic E-state index is 12.5. The van der Waals surface area contributed by atoms with Crippen LogP contribution < -0.4 is 15.0 Å². The van der Waals surface area contributed by atoms with E-state index in [1.807, 2.05) is 32.0 Å². The molecule has 0 bridgehead atoms. The summed E-state index contributed by atoms with van der Waals surface area (Å²) in [6.45, 7) is 8.06. The van der Waals surface area contributed by atoms with Crippen LogP contribution in [0.5, 0.6) is 5.75 Å². The van der Waals surface area contributed by atoms with E-state index in [4.69, 9.17) is 4.74 Å². The fourth-order valence-corrected chi connectivity index (χ4v) is 2.75. The van der Waals surface area contributed by atoms with Crippen LogP contribution in [0.2, 0.25) is 0 Å². The number of benzene rings is 2. The highest BCUT2D eigenvalue weighted by Gasteiger charge is 2.26. The van der Waals surface area contributed by atoms with E-state index in [0.717, 1.165) is 11.1 Å². The minimum atomic E-state index is -0.187. The number of hydrogen-bond acceptors (Lipinski definition) is 3. The second-order valence-electron chi connectivity index (χ2n) is 6.18. The summed E-state index contributed by atoms with van der Waals surface area (Å²) in [6, 6.07) is 12.7. The lowest BCUT2D eigenvalue weighted by Crippen LogP contribution is -2.39. The quantitative estimate of drug-likeness (QED) is 0.869. The highest BCUT2D eigenvalue weighted by atomic mass is 16.5. The molecule has 5 heteroatoms. The van der Waals surface area contributed by atoms with Crippen molar-refractivity contribution in [3.8, 4) is 5.75 Å². The third kappa shape index (κ3) is 3.55. The minimum absolute atomic E-state index is 0.00912. The molecule has 0 saturated carbocycles. The molecule has 0 spiro atoms. The number of hydrogen-bond donors (Lipinski definition) is 1. The molecule has 0 radical (unpaired) electrons. The molecule has 0 saturated heterocycles. The van der Waals surface area contributed by atoms with Crippen LogP contribution in [0.25, 0.3) is 0 Å². The van der Waals surface area contributed by atoms with Gasteiger partial charge in [0.25, 0.3) is 11.8 Å². The lowest BCUT2D eigenvalue weighted by molar-refractivity contribution is -0.121. The van der Waals surface area contributed by atoms with Crippen LogP contribution in [-0.4, -0.2) is 25.0 Å². The van der Waals surface area contributed by atoms with Crippen molar-refractivity contribution in [2.45, 2.75) is 13.8 Å². The Bertz CT molecular complexity index is 858. The molecule has 0 atom stereocenters. The van der Waals surface area contributed by atoms with Crippen molar-refractivity contribution in [2.75, 3.05) is 23.4 Å². The van der Waals surface area contributed by atoms with Crippen molar-refractivity contribution < 1.29 is 14.3 Å². The van der Waals surface area contributed by atoms with Crippen LogP contribution >= 0.6 is 0 Å². The molecule has 1 heterocycles. The van der Waals surface area contributed by atoms with Gasteiger partial charge in [0.15, 0.2) is 6.61 Å². The predicted molar refractivity (Wildman–Crippen MR) is 98.2 cm³/mol. The zero-order valence-corrected chi connectivity index (χ0v) is 14.3. The maximum Gasteiger partial charge on any atom is 0.265 e. The monoisotopic (exact) mass is 336 g/mol. The third-order valence-electron chi connectivity index (χ3n) is 3.98. The Morgan fingerprint density at radius 3 is 2.76 bits per heavy atom. The first-order valence-electron chi connectivity index (χ1n) is 8.04. The van der Waals surface area contributed by atoms with Crippen LogP contribution in [0.1, 0.15) is 22.8 Å². The molecule has 1 aliphatic heterocycles. The maximum absolute atomic E-state index is 12.5. The normalized spacial score (nSPS) is 13.0. The van der Waals surface area contributed by atoms with E-state index >= 15 is 0 Å². The molecule has 2 aromatic carbocycles. The van der Waals surface area contributed by atoms with E-state index in [-0.39, 0.29) is 18.4 Å². The molecular formula is C20H20N2O3. The van der Waals surface area contributed by atoms with Crippen LogP contribution in [0.3, 0.4) is 0 Å². The summed E-state index contributed by atoms with van der Waals surface area (Å²) >= 11 is 0. The molecule has 2 amide bonds. The summed E-state index contributed by atoms with van der Waals surface area (Å²) < 4.78 is 5.48. The fraction of sp³-hybridized carbons (Fsp3) is 0.200. The van der Waals surface area contributed by atoms with Gasteiger partial charge in [-0.3, -0.25) is 9.59 Å². The molecule has 25 heavy (non-hydrogen) atoms. The van der Waals surface area contributed by atoms with E-state index in [1.165, 1.54) is 0 Å². The second kappa shape index (κ2) is 6.81. The lowest BCUT2D eigenvalue weighted by atomic mass is 10.1. The highest BCUT2D eigenvalue weighted by Crippen LogP contribution is 2.35. The Morgan fingerprint density at radius 1 is 1.28 bits per heavy atom. The van der Waals surface area contributed by atoms with Gasteiger partial charge in [0, 0.05) is 17.8 Å². The minimum Gasteiger partial charge on any atom is -0.482 e. The van der Waals surface area contributed by atoms with Gasteiger partial charge in [0.1, 0.15) is 5.75 Å². The van der Waals surface area contributed by atoms with Gasteiger partial charge in [-0.15, -0.1) is 0 Å². The molecule has 2 aromatic rings. The van der Waals surface area contributed by atoms with Crippen molar-refractivity contribution in [3.63, 3.8) is 0 Å². The number of ether oxygens (including phenoxy) is 1. The number of carbonyl (C=O) groups is 2. The summed E-state index contributed by atoms with van der Waals surface area (Å²) in [6.07, 6.45) is 0. The number of fused-ring (bicyclic) bond motifs is 1. The zero-order chi connectivity index (χ0) is 18.0. The predicted octanol–water partition coefficient (Wildman–Crippen LogP) is 3.55. The summed E-state index contributed by atoms with van der Waals surface area (Å²) in [5.41, 5.74) is 3.64. The van der Waals surface area contributed by atoms with Gasteiger partial charge >= 0.3 is 0 Å². The van der Waals surface area contributed by atoms with E-state index in [1.54, 1.807) is 29.2 Å². The molecule has 1 N–H and O–H groups in total. The summed E-state index contributed by atoms with van der Waals surface area (Å²) in [7, 11) is 0. The first-order chi connectivity index (χ1) is 12.0. The van der Waals surface area contributed by atoms with Gasteiger partial charge in [0.05, 0.1) is 5.69 Å². The largest absolute Gasteiger partial charge is 0.482 e. The van der Waals surface area contributed by atoms with Gasteiger partial charge in [-0.25, -0.2) is 0 Å². The summed E-state index contributed by atoms with van der Waals surface area (Å²) in [5, 5.41) is 2.88. The van der Waals surface area contributed by atoms with E-state index in [0.29, 0.717) is 29.2 Å². The molecule has 5 nitrogen and oxygen atoms in total. The molecule has 1 aliphatic rings. The zero-order valence-electron chi connectivity index (χ0n) is 14.3. The average Bonchev–Trinajstić information content (AvgIpc) is 2.57. The Balaban J connectivity index is 1.88. The first-order valence-corrected chi connectivity index (χ1v) is 8.04. The van der Waals surface area contributed by atoms with E-state index in [9.17, 15) is 9.59 Å². The molecule has 0 aliphatic carbocycles. The Morgan fingerprint density at radius 2 is 2.04 bits per heavy atom. The standard InChI is InChI=1S/C20H20N2O3/c1-13(2)11-22-17-10-15(8-9-18(17)25-12-19(22)23)21-20(24)16-7-5-4-6-14(16)3/h4-10H,1,11-12H2,2-3H3,(H,21,24). The van der Waals surface area contributed by atoms with Crippen LogP contribution in [-0.2, 0) is 4.79 Å². The first kappa shape index (κ1) is 16.8. The van der Waals surface area contributed by atoms with Crippen molar-refractivity contribution in [1.82, 2.24) is 0 Å². The molecule has 0 unspecified atom stereocenters. The van der Waals surface area contributed by atoms with Crippen LogP contribution in [0.4, 0.5) is 11.4 Å². The topological polar surface area (TPSA) is 58.6 Å². The number of nitrogens with zero attached hydrogens (tertiary/aromatic N) is 1. The second-order valence-corrected chi connectivity index (χ2v) is 6.18. The van der Waals surface area contributed by atoms with Crippen molar-refractivity contribution in [3.05, 3.63) is 65.7 Å². The van der Waals surface area contributed by atoms with Crippen LogP contribution in [0, 0.1) is 6.92 Å². The Kier molecular flexibility index (Phi) is 4.57. The van der Waals surface area contributed by atoms with Crippen molar-refractivity contribution in [2.24, 2.45) is 0 Å². The number of aryl methyl sites for hydroxylation is 1. The SMILES string of the molecule is C=C(C)CN1C(=O)COc2ccc(NC(=O)c3ccccc3C)cc21. The summed E-state index contributed by atoms with van der Waals surface area (Å²) in [4.78, 5) is 26.3. The summed E-state index contributed by atoms with van der Waals surface area (Å²) in [5.74, 6) is 0.306. The lowest BCUT2D eigenvalue weighted by Gasteiger charge is -2.30. The Hall–Kier alpha value is -3.08. The van der Waals surface area contributed by atoms with Gasteiger partial charge in [0.2, 0.25) is 0 Å².